The molecule has 0 aliphatic carbocycles. The molecule has 0 spiro atoms. The van der Waals surface area contributed by atoms with Gasteiger partial charge in [-0.15, -0.1) is 0 Å². The number of nitrogens with zero attached hydrogens (tertiary/aromatic N) is 2. The Labute approximate surface area is 128 Å². The van der Waals surface area contributed by atoms with Crippen molar-refractivity contribution in [1.82, 2.24) is 14.8 Å². The maximum Gasteiger partial charge on any atom is 0.356 e. The standard InChI is InChI=1S/C14H23N3O3S/c1-4-20-13(18)12-11(21-14(19)15-12)9-17(3)10-5-7-16(2)8-6-10/h10H,4-9H2,1-3H3,(H,15,19). The van der Waals surface area contributed by atoms with E-state index in [0.717, 1.165) is 42.1 Å². The minimum Gasteiger partial charge on any atom is -0.461 e. The summed E-state index contributed by atoms with van der Waals surface area (Å²) in [5.74, 6) is -0.442. The zero-order valence-corrected chi connectivity index (χ0v) is 13.7. The first kappa shape index (κ1) is 16.2. The molecule has 1 aromatic rings. The van der Waals surface area contributed by atoms with Crippen LogP contribution in [0, 0.1) is 0 Å². The molecule has 0 amide bonds. The lowest BCUT2D eigenvalue weighted by Gasteiger charge is -2.34. The molecule has 0 aromatic carbocycles. The van der Waals surface area contributed by atoms with E-state index in [4.69, 9.17) is 4.74 Å². The van der Waals surface area contributed by atoms with Gasteiger partial charge in [0, 0.05) is 12.6 Å². The van der Waals surface area contributed by atoms with E-state index in [0.29, 0.717) is 24.9 Å². The van der Waals surface area contributed by atoms with Crippen molar-refractivity contribution in [3.8, 4) is 0 Å². The predicted octanol–water partition coefficient (Wildman–Crippen LogP) is 1.14. The second-order valence-electron chi connectivity index (χ2n) is 5.48. The second kappa shape index (κ2) is 7.20. The summed E-state index contributed by atoms with van der Waals surface area (Å²) in [6, 6.07) is 0.494. The van der Waals surface area contributed by atoms with E-state index in [1.807, 2.05) is 0 Å². The van der Waals surface area contributed by atoms with E-state index >= 15 is 0 Å². The Morgan fingerprint density at radius 2 is 2.14 bits per heavy atom. The highest BCUT2D eigenvalue weighted by molar-refractivity contribution is 7.09. The molecule has 1 saturated heterocycles. The number of aromatic nitrogens is 1. The van der Waals surface area contributed by atoms with Gasteiger partial charge in [-0.2, -0.15) is 0 Å². The summed E-state index contributed by atoms with van der Waals surface area (Å²) in [5, 5.41) is 0. The zero-order valence-electron chi connectivity index (χ0n) is 12.8. The molecule has 7 heteroatoms. The van der Waals surface area contributed by atoms with Crippen LogP contribution in [0.15, 0.2) is 4.79 Å². The molecule has 1 aliphatic rings. The van der Waals surface area contributed by atoms with E-state index in [1.54, 1.807) is 6.92 Å². The number of piperidine rings is 1. The number of aromatic amines is 1. The minimum atomic E-state index is -0.442. The summed E-state index contributed by atoms with van der Waals surface area (Å²) < 4.78 is 5.00. The van der Waals surface area contributed by atoms with E-state index in [-0.39, 0.29) is 4.87 Å². The van der Waals surface area contributed by atoms with Crippen molar-refractivity contribution in [2.24, 2.45) is 0 Å². The van der Waals surface area contributed by atoms with Crippen LogP contribution in [0.25, 0.3) is 0 Å². The van der Waals surface area contributed by atoms with Crippen molar-refractivity contribution >= 4 is 17.3 Å². The molecule has 2 rings (SSSR count). The van der Waals surface area contributed by atoms with Crippen molar-refractivity contribution in [3.05, 3.63) is 20.2 Å². The fourth-order valence-corrected chi connectivity index (χ4v) is 3.51. The molecule has 1 aliphatic heterocycles. The van der Waals surface area contributed by atoms with Crippen LogP contribution in [0.1, 0.15) is 35.1 Å². The lowest BCUT2D eigenvalue weighted by molar-refractivity contribution is 0.0517. The van der Waals surface area contributed by atoms with Crippen LogP contribution in [0.5, 0.6) is 0 Å². The highest BCUT2D eigenvalue weighted by atomic mass is 32.1. The Kier molecular flexibility index (Phi) is 5.55. The van der Waals surface area contributed by atoms with Gasteiger partial charge in [-0.05, 0) is 47.0 Å². The topological polar surface area (TPSA) is 65.6 Å². The monoisotopic (exact) mass is 313 g/mol. The molecule has 0 radical (unpaired) electrons. The summed E-state index contributed by atoms with van der Waals surface area (Å²) >= 11 is 1.10. The van der Waals surface area contributed by atoms with Crippen LogP contribution < -0.4 is 4.87 Å². The quantitative estimate of drug-likeness (QED) is 0.826. The molecule has 0 saturated carbocycles. The number of carbonyl (C=O) groups excluding carboxylic acids is 1. The Balaban J connectivity index is 2.05. The molecular formula is C14H23N3O3S. The number of hydrogen-bond donors (Lipinski definition) is 1. The first-order chi connectivity index (χ1) is 10.0. The fourth-order valence-electron chi connectivity index (χ4n) is 2.63. The van der Waals surface area contributed by atoms with Gasteiger partial charge in [-0.25, -0.2) is 4.79 Å². The number of rotatable bonds is 5. The van der Waals surface area contributed by atoms with Crippen LogP contribution in [-0.4, -0.2) is 60.6 Å². The van der Waals surface area contributed by atoms with Crippen LogP contribution >= 0.6 is 11.3 Å². The number of H-pyrrole nitrogens is 1. The molecular weight excluding hydrogens is 290 g/mol. The number of thiazole rings is 1. The number of likely N-dealkylation sites (tertiary alicyclic amines) is 1. The van der Waals surface area contributed by atoms with Crippen molar-refractivity contribution in [1.29, 1.82) is 0 Å². The molecule has 0 unspecified atom stereocenters. The van der Waals surface area contributed by atoms with Gasteiger partial charge < -0.3 is 14.6 Å². The highest BCUT2D eigenvalue weighted by Crippen LogP contribution is 2.19. The average molecular weight is 313 g/mol. The Hall–Kier alpha value is -1.18. The maximum atomic E-state index is 11.9. The van der Waals surface area contributed by atoms with Crippen LogP contribution in [0.2, 0.25) is 0 Å². The highest BCUT2D eigenvalue weighted by Gasteiger charge is 2.24. The third kappa shape index (κ3) is 4.15. The predicted molar refractivity (Wildman–Crippen MR) is 82.9 cm³/mol. The second-order valence-corrected chi connectivity index (χ2v) is 6.55. The number of esters is 1. The minimum absolute atomic E-state index is 0.204. The number of nitrogens with one attached hydrogen (secondary N) is 1. The Morgan fingerprint density at radius 3 is 2.76 bits per heavy atom. The summed E-state index contributed by atoms with van der Waals surface area (Å²) in [6.45, 7) is 4.84. The largest absolute Gasteiger partial charge is 0.461 e. The summed E-state index contributed by atoms with van der Waals surface area (Å²) in [7, 11) is 4.18. The lowest BCUT2D eigenvalue weighted by atomic mass is 10.0. The van der Waals surface area contributed by atoms with Crippen molar-refractivity contribution < 1.29 is 9.53 Å². The SMILES string of the molecule is CCOC(=O)c1[nH]c(=O)sc1CN(C)C1CCN(C)CC1. The average Bonchev–Trinajstić information content (AvgIpc) is 2.80. The van der Waals surface area contributed by atoms with E-state index < -0.39 is 5.97 Å². The van der Waals surface area contributed by atoms with Gasteiger partial charge in [-0.3, -0.25) is 9.69 Å². The van der Waals surface area contributed by atoms with Crippen molar-refractivity contribution in [2.45, 2.75) is 32.4 Å². The Bertz CT molecular complexity index is 532. The summed E-state index contributed by atoms with van der Waals surface area (Å²) in [4.78, 5) is 31.1. The molecule has 1 fully saturated rings. The van der Waals surface area contributed by atoms with Gasteiger partial charge in [-0.1, -0.05) is 11.3 Å². The van der Waals surface area contributed by atoms with Crippen molar-refractivity contribution in [2.75, 3.05) is 33.8 Å². The normalized spacial score (nSPS) is 17.3. The number of carbonyl (C=O) groups is 1. The Morgan fingerprint density at radius 1 is 1.48 bits per heavy atom. The molecule has 0 atom stereocenters. The van der Waals surface area contributed by atoms with Crippen LogP contribution in [-0.2, 0) is 11.3 Å². The van der Waals surface area contributed by atoms with Gasteiger partial charge in [0.1, 0.15) is 5.69 Å². The number of ether oxygens (including phenoxy) is 1. The van der Waals surface area contributed by atoms with Gasteiger partial charge in [0.25, 0.3) is 0 Å². The van der Waals surface area contributed by atoms with Crippen molar-refractivity contribution in [3.63, 3.8) is 0 Å². The molecule has 1 N–H and O–H groups in total. The van der Waals surface area contributed by atoms with Crippen LogP contribution in [0.3, 0.4) is 0 Å². The molecule has 1 aromatic heterocycles. The third-order valence-corrected chi connectivity index (χ3v) is 4.77. The first-order valence-corrected chi connectivity index (χ1v) is 8.10. The summed E-state index contributed by atoms with van der Waals surface area (Å²) in [5.41, 5.74) is 0.312. The van der Waals surface area contributed by atoms with E-state index in [9.17, 15) is 9.59 Å². The molecule has 0 bridgehead atoms. The van der Waals surface area contributed by atoms with Gasteiger partial charge in [0.15, 0.2) is 0 Å². The third-order valence-electron chi connectivity index (χ3n) is 3.91. The molecule has 6 nitrogen and oxygen atoms in total. The van der Waals surface area contributed by atoms with E-state index in [2.05, 4.69) is 28.9 Å². The lowest BCUT2D eigenvalue weighted by Crippen LogP contribution is -2.41. The van der Waals surface area contributed by atoms with Gasteiger partial charge >= 0.3 is 10.8 Å². The zero-order chi connectivity index (χ0) is 15.4. The smallest absolute Gasteiger partial charge is 0.356 e. The molecule has 118 valence electrons. The molecule has 21 heavy (non-hydrogen) atoms. The maximum absolute atomic E-state index is 11.9. The van der Waals surface area contributed by atoms with Gasteiger partial charge in [0.2, 0.25) is 0 Å². The van der Waals surface area contributed by atoms with E-state index in [1.165, 1.54) is 0 Å². The fraction of sp³-hybridized carbons (Fsp3) is 0.714. The summed E-state index contributed by atoms with van der Waals surface area (Å²) in [6.07, 6.45) is 2.22. The number of hydrogen-bond acceptors (Lipinski definition) is 6. The first-order valence-electron chi connectivity index (χ1n) is 7.29. The molecule has 2 heterocycles. The van der Waals surface area contributed by atoms with Gasteiger partial charge in [0.05, 0.1) is 11.5 Å². The van der Waals surface area contributed by atoms with Crippen LogP contribution in [0.4, 0.5) is 0 Å².